The number of hydrogen-bond donors (Lipinski definition) is 0. The van der Waals surface area contributed by atoms with Crippen LogP contribution in [-0.2, 0) is 0 Å². The molecule has 0 aromatic heterocycles. The first kappa shape index (κ1) is 37.3. The van der Waals surface area contributed by atoms with E-state index in [0.29, 0.717) is 0 Å². The Balaban J connectivity index is 1.20. The fraction of sp³-hybridized carbons (Fsp3) is 0. The van der Waals surface area contributed by atoms with E-state index in [4.69, 9.17) is 0 Å². The van der Waals surface area contributed by atoms with E-state index in [0.717, 1.165) is 44.9 Å². The van der Waals surface area contributed by atoms with Gasteiger partial charge < -0.3 is 4.90 Å². The Labute approximate surface area is 359 Å². The SMILES string of the molecule is c1ccc(-c2ccc(N(c3ccc(-c4cccc(-c5ccccc5)c4-c4ccccc4)cc3)c3ccc(-c4ccccc4)cc3-c3ccccc3)c(-c3ccccc3)c2)cc1. The van der Waals surface area contributed by atoms with Crippen LogP contribution in [0.2, 0.25) is 0 Å². The lowest BCUT2D eigenvalue weighted by Gasteiger charge is -2.31. The summed E-state index contributed by atoms with van der Waals surface area (Å²) < 4.78 is 0. The van der Waals surface area contributed by atoms with Gasteiger partial charge in [0.25, 0.3) is 0 Å². The van der Waals surface area contributed by atoms with Crippen molar-refractivity contribution < 1.29 is 0 Å². The summed E-state index contributed by atoms with van der Waals surface area (Å²) in [5.74, 6) is 0. The van der Waals surface area contributed by atoms with Crippen molar-refractivity contribution in [3.05, 3.63) is 261 Å². The highest BCUT2D eigenvalue weighted by Crippen LogP contribution is 2.48. The second-order valence-corrected chi connectivity index (χ2v) is 15.3. The zero-order valence-electron chi connectivity index (χ0n) is 33.8. The van der Waals surface area contributed by atoms with E-state index in [1.807, 2.05) is 0 Å². The summed E-state index contributed by atoms with van der Waals surface area (Å²) in [5.41, 5.74) is 19.8. The van der Waals surface area contributed by atoms with E-state index in [9.17, 15) is 0 Å². The molecule has 0 saturated heterocycles. The molecule has 1 nitrogen and oxygen atoms in total. The molecule has 0 amide bonds. The highest BCUT2D eigenvalue weighted by Gasteiger charge is 2.23. The third kappa shape index (κ3) is 7.69. The van der Waals surface area contributed by atoms with Crippen LogP contribution in [0.25, 0.3) is 77.9 Å². The van der Waals surface area contributed by atoms with Gasteiger partial charge in [-0.2, -0.15) is 0 Å². The first-order valence-corrected chi connectivity index (χ1v) is 20.9. The lowest BCUT2D eigenvalue weighted by Crippen LogP contribution is -2.13. The molecule has 0 saturated carbocycles. The molecule has 0 aliphatic heterocycles. The summed E-state index contributed by atoms with van der Waals surface area (Å²) in [5, 5.41) is 0. The van der Waals surface area contributed by atoms with Crippen LogP contribution in [0.1, 0.15) is 0 Å². The first-order valence-electron chi connectivity index (χ1n) is 20.9. The van der Waals surface area contributed by atoms with E-state index in [2.05, 4.69) is 266 Å². The van der Waals surface area contributed by atoms with Gasteiger partial charge in [0.15, 0.2) is 0 Å². The Morgan fingerprint density at radius 3 is 0.902 bits per heavy atom. The van der Waals surface area contributed by atoms with Crippen molar-refractivity contribution in [2.24, 2.45) is 0 Å². The molecule has 288 valence electrons. The summed E-state index contributed by atoms with van der Waals surface area (Å²) in [4.78, 5) is 2.45. The van der Waals surface area contributed by atoms with Crippen LogP contribution in [0.5, 0.6) is 0 Å². The summed E-state index contributed by atoms with van der Waals surface area (Å²) in [6.45, 7) is 0. The standard InChI is InChI=1S/C60H43N/c1-7-20-44(21-8-1)51-36-40-58(56(42-51)47-26-13-4-14-27-47)61(59-41-37-52(45-22-9-2-10-23-45)43-57(59)48-28-15-5-16-29-48)53-38-34-49(35-39-53)55-33-19-32-54(46-24-11-3-12-25-46)60(55)50-30-17-6-18-31-50/h1-43H. The second-order valence-electron chi connectivity index (χ2n) is 15.3. The van der Waals surface area contributed by atoms with E-state index >= 15 is 0 Å². The van der Waals surface area contributed by atoms with Gasteiger partial charge in [-0.3, -0.25) is 0 Å². The first-order chi connectivity index (χ1) is 30.3. The summed E-state index contributed by atoms with van der Waals surface area (Å²) in [6, 6.07) is 94.1. The Bertz CT molecular complexity index is 2890. The predicted octanol–water partition coefficient (Wildman–Crippen LogP) is 16.8. The van der Waals surface area contributed by atoms with Crippen molar-refractivity contribution >= 4 is 17.1 Å². The Morgan fingerprint density at radius 2 is 0.508 bits per heavy atom. The van der Waals surface area contributed by atoms with E-state index in [1.54, 1.807) is 0 Å². The highest BCUT2D eigenvalue weighted by molar-refractivity contribution is 5.98. The minimum Gasteiger partial charge on any atom is -0.309 e. The van der Waals surface area contributed by atoms with Gasteiger partial charge in [-0.25, -0.2) is 0 Å². The smallest absolute Gasteiger partial charge is 0.0540 e. The van der Waals surface area contributed by atoms with Gasteiger partial charge in [0.05, 0.1) is 11.4 Å². The molecule has 0 heterocycles. The maximum absolute atomic E-state index is 2.45. The zero-order chi connectivity index (χ0) is 40.8. The van der Waals surface area contributed by atoms with E-state index < -0.39 is 0 Å². The summed E-state index contributed by atoms with van der Waals surface area (Å²) in [7, 11) is 0. The molecule has 0 unspecified atom stereocenters. The number of anilines is 3. The lowest BCUT2D eigenvalue weighted by atomic mass is 9.87. The van der Waals surface area contributed by atoms with Crippen molar-refractivity contribution in [2.45, 2.75) is 0 Å². The van der Waals surface area contributed by atoms with Crippen LogP contribution in [0.15, 0.2) is 261 Å². The van der Waals surface area contributed by atoms with Crippen LogP contribution >= 0.6 is 0 Å². The van der Waals surface area contributed by atoms with Crippen LogP contribution in [-0.4, -0.2) is 0 Å². The zero-order valence-corrected chi connectivity index (χ0v) is 33.8. The molecule has 1 heteroatoms. The molecule has 0 fully saturated rings. The minimum atomic E-state index is 1.07. The lowest BCUT2D eigenvalue weighted by molar-refractivity contribution is 1.28. The minimum absolute atomic E-state index is 1.07. The molecule has 0 bridgehead atoms. The van der Waals surface area contributed by atoms with Crippen LogP contribution in [0.3, 0.4) is 0 Å². The molecular formula is C60H43N. The van der Waals surface area contributed by atoms with Gasteiger partial charge in [0.1, 0.15) is 0 Å². The van der Waals surface area contributed by atoms with E-state index in [-0.39, 0.29) is 0 Å². The number of hydrogen-bond acceptors (Lipinski definition) is 1. The molecule has 0 atom stereocenters. The van der Waals surface area contributed by atoms with Crippen LogP contribution in [0, 0.1) is 0 Å². The molecule has 10 aromatic rings. The quantitative estimate of drug-likeness (QED) is 0.134. The van der Waals surface area contributed by atoms with Crippen LogP contribution < -0.4 is 4.90 Å². The molecule has 0 radical (unpaired) electrons. The molecule has 0 aliphatic rings. The summed E-state index contributed by atoms with van der Waals surface area (Å²) in [6.07, 6.45) is 0. The average molecular weight is 778 g/mol. The topological polar surface area (TPSA) is 3.24 Å². The predicted molar refractivity (Wildman–Crippen MR) is 259 cm³/mol. The third-order valence-electron chi connectivity index (χ3n) is 11.5. The number of benzene rings is 10. The normalized spacial score (nSPS) is 11.0. The van der Waals surface area contributed by atoms with Crippen molar-refractivity contribution in [1.29, 1.82) is 0 Å². The largest absolute Gasteiger partial charge is 0.309 e. The summed E-state index contributed by atoms with van der Waals surface area (Å²) >= 11 is 0. The van der Waals surface area contributed by atoms with Crippen molar-refractivity contribution in [3.8, 4) is 77.9 Å². The third-order valence-corrected chi connectivity index (χ3v) is 11.5. The molecular weight excluding hydrogens is 735 g/mol. The Kier molecular flexibility index (Phi) is 10.4. The van der Waals surface area contributed by atoms with Crippen LogP contribution in [0.4, 0.5) is 17.1 Å². The maximum Gasteiger partial charge on any atom is 0.0540 e. The van der Waals surface area contributed by atoms with Crippen molar-refractivity contribution in [2.75, 3.05) is 4.90 Å². The Morgan fingerprint density at radius 1 is 0.197 bits per heavy atom. The number of nitrogens with zero attached hydrogens (tertiary/aromatic N) is 1. The maximum atomic E-state index is 2.45. The monoisotopic (exact) mass is 777 g/mol. The average Bonchev–Trinajstić information content (AvgIpc) is 3.36. The molecule has 61 heavy (non-hydrogen) atoms. The van der Waals surface area contributed by atoms with Gasteiger partial charge in [-0.05, 0) is 103 Å². The van der Waals surface area contributed by atoms with Gasteiger partial charge in [0.2, 0.25) is 0 Å². The Hall–Kier alpha value is -8.00. The fourth-order valence-electron chi connectivity index (χ4n) is 8.55. The van der Waals surface area contributed by atoms with Gasteiger partial charge in [-0.15, -0.1) is 0 Å². The molecule has 10 aromatic carbocycles. The van der Waals surface area contributed by atoms with Crippen molar-refractivity contribution in [3.63, 3.8) is 0 Å². The van der Waals surface area contributed by atoms with Gasteiger partial charge >= 0.3 is 0 Å². The fourth-order valence-corrected chi connectivity index (χ4v) is 8.55. The molecule has 0 spiro atoms. The van der Waals surface area contributed by atoms with Crippen molar-refractivity contribution in [1.82, 2.24) is 0 Å². The molecule has 0 aliphatic carbocycles. The molecule has 10 rings (SSSR count). The number of rotatable bonds is 10. The van der Waals surface area contributed by atoms with Gasteiger partial charge in [-0.1, -0.05) is 224 Å². The molecule has 0 N–H and O–H groups in total. The van der Waals surface area contributed by atoms with E-state index in [1.165, 1.54) is 50.1 Å². The second kappa shape index (κ2) is 17.1. The highest BCUT2D eigenvalue weighted by atomic mass is 15.1. The van der Waals surface area contributed by atoms with Gasteiger partial charge in [0, 0.05) is 16.8 Å².